The highest BCUT2D eigenvalue weighted by atomic mass is 35.5. The summed E-state index contributed by atoms with van der Waals surface area (Å²) in [5.41, 5.74) is 1.49. The summed E-state index contributed by atoms with van der Waals surface area (Å²) in [5.74, 6) is 0.0129. The molecule has 0 aromatic heterocycles. The maximum atomic E-state index is 12.1. The number of piperidine rings is 1. The molecule has 1 atom stereocenters. The Morgan fingerprint density at radius 1 is 1.39 bits per heavy atom. The first-order valence-corrected chi connectivity index (χ1v) is 6.80. The van der Waals surface area contributed by atoms with Gasteiger partial charge in [0.15, 0.2) is 0 Å². The van der Waals surface area contributed by atoms with Crippen LogP contribution in [0.15, 0.2) is 12.1 Å². The van der Waals surface area contributed by atoms with Crippen LogP contribution in [0.2, 0.25) is 10.0 Å². The highest BCUT2D eigenvalue weighted by Crippen LogP contribution is 2.29. The first-order valence-electron chi connectivity index (χ1n) is 6.05. The standard InChI is InChI=1S/C13H16Cl2N2O/c1-8-5-11(15)12(6-10(8)14)17-13(18)9-3-2-4-16-7-9/h5-6,9,16H,2-4,7H2,1H3,(H,17,18)/t9-/m1/s1. The Kier molecular flexibility index (Phi) is 4.49. The number of carbonyl (C=O) groups excluding carboxylic acids is 1. The van der Waals surface area contributed by atoms with Crippen LogP contribution in [0.25, 0.3) is 0 Å². The molecule has 1 aliphatic rings. The van der Waals surface area contributed by atoms with Gasteiger partial charge < -0.3 is 10.6 Å². The predicted octanol–water partition coefficient (Wildman–Crippen LogP) is 3.24. The minimum Gasteiger partial charge on any atom is -0.324 e. The van der Waals surface area contributed by atoms with Crippen molar-refractivity contribution in [2.75, 3.05) is 18.4 Å². The minimum atomic E-state index is 0.00372. The van der Waals surface area contributed by atoms with E-state index in [0.29, 0.717) is 15.7 Å². The molecule has 1 heterocycles. The number of rotatable bonds is 2. The number of anilines is 1. The number of benzene rings is 1. The Labute approximate surface area is 117 Å². The molecule has 2 N–H and O–H groups in total. The zero-order valence-corrected chi connectivity index (χ0v) is 11.7. The third-order valence-corrected chi connectivity index (χ3v) is 3.89. The van der Waals surface area contributed by atoms with Crippen molar-refractivity contribution in [2.24, 2.45) is 5.92 Å². The average Bonchev–Trinajstić information content (AvgIpc) is 2.37. The Morgan fingerprint density at radius 3 is 2.83 bits per heavy atom. The van der Waals surface area contributed by atoms with Gasteiger partial charge in [-0.15, -0.1) is 0 Å². The molecule has 5 heteroatoms. The fourth-order valence-electron chi connectivity index (χ4n) is 2.05. The fraction of sp³-hybridized carbons (Fsp3) is 0.462. The Morgan fingerprint density at radius 2 is 2.17 bits per heavy atom. The molecule has 18 heavy (non-hydrogen) atoms. The van der Waals surface area contributed by atoms with E-state index in [1.54, 1.807) is 12.1 Å². The van der Waals surface area contributed by atoms with Gasteiger partial charge in [-0.25, -0.2) is 0 Å². The molecule has 0 aliphatic carbocycles. The molecule has 1 amide bonds. The van der Waals surface area contributed by atoms with Crippen LogP contribution in [0, 0.1) is 12.8 Å². The first-order chi connectivity index (χ1) is 8.58. The number of hydrogen-bond acceptors (Lipinski definition) is 2. The monoisotopic (exact) mass is 286 g/mol. The molecule has 1 aliphatic heterocycles. The highest BCUT2D eigenvalue weighted by Gasteiger charge is 2.21. The molecule has 2 rings (SSSR count). The maximum Gasteiger partial charge on any atom is 0.228 e. The summed E-state index contributed by atoms with van der Waals surface area (Å²) >= 11 is 12.1. The number of hydrogen-bond donors (Lipinski definition) is 2. The van der Waals surface area contributed by atoms with Crippen LogP contribution in [0.4, 0.5) is 5.69 Å². The molecule has 1 fully saturated rings. The highest BCUT2D eigenvalue weighted by molar-refractivity contribution is 6.36. The topological polar surface area (TPSA) is 41.1 Å². The van der Waals surface area contributed by atoms with Gasteiger partial charge in [-0.2, -0.15) is 0 Å². The van der Waals surface area contributed by atoms with Gasteiger partial charge in [0.1, 0.15) is 0 Å². The van der Waals surface area contributed by atoms with E-state index in [2.05, 4.69) is 10.6 Å². The van der Waals surface area contributed by atoms with Crippen LogP contribution in [0.1, 0.15) is 18.4 Å². The zero-order valence-electron chi connectivity index (χ0n) is 10.2. The van der Waals surface area contributed by atoms with E-state index >= 15 is 0 Å². The Bertz CT molecular complexity index is 457. The summed E-state index contributed by atoms with van der Waals surface area (Å²) in [6.07, 6.45) is 1.94. The van der Waals surface area contributed by atoms with Crippen molar-refractivity contribution < 1.29 is 4.79 Å². The molecule has 0 bridgehead atoms. The molecule has 0 unspecified atom stereocenters. The second-order valence-corrected chi connectivity index (χ2v) is 5.43. The van der Waals surface area contributed by atoms with E-state index in [4.69, 9.17) is 23.2 Å². The largest absolute Gasteiger partial charge is 0.324 e. The van der Waals surface area contributed by atoms with E-state index in [-0.39, 0.29) is 11.8 Å². The van der Waals surface area contributed by atoms with Gasteiger partial charge >= 0.3 is 0 Å². The number of nitrogens with one attached hydrogen (secondary N) is 2. The quantitative estimate of drug-likeness (QED) is 0.876. The van der Waals surface area contributed by atoms with Crippen LogP contribution in [0.5, 0.6) is 0 Å². The third-order valence-electron chi connectivity index (χ3n) is 3.17. The van der Waals surface area contributed by atoms with Crippen molar-refractivity contribution in [2.45, 2.75) is 19.8 Å². The van der Waals surface area contributed by atoms with E-state index in [1.165, 1.54) is 0 Å². The van der Waals surface area contributed by atoms with Gasteiger partial charge in [0.05, 0.1) is 16.6 Å². The van der Waals surface area contributed by atoms with Gasteiger partial charge in [-0.05, 0) is 44.0 Å². The van der Waals surface area contributed by atoms with Gasteiger partial charge in [0, 0.05) is 11.6 Å². The second kappa shape index (κ2) is 5.91. The lowest BCUT2D eigenvalue weighted by Crippen LogP contribution is -2.37. The molecule has 0 radical (unpaired) electrons. The lowest BCUT2D eigenvalue weighted by molar-refractivity contribution is -0.120. The smallest absolute Gasteiger partial charge is 0.228 e. The van der Waals surface area contributed by atoms with Crippen molar-refractivity contribution in [3.05, 3.63) is 27.7 Å². The van der Waals surface area contributed by atoms with E-state index in [0.717, 1.165) is 31.5 Å². The molecule has 1 aromatic carbocycles. The summed E-state index contributed by atoms with van der Waals surface area (Å²) in [4.78, 5) is 12.1. The molecule has 3 nitrogen and oxygen atoms in total. The van der Waals surface area contributed by atoms with Crippen molar-refractivity contribution in [3.8, 4) is 0 Å². The normalized spacial score (nSPS) is 19.6. The van der Waals surface area contributed by atoms with Crippen molar-refractivity contribution in [1.29, 1.82) is 0 Å². The lowest BCUT2D eigenvalue weighted by Gasteiger charge is -2.22. The van der Waals surface area contributed by atoms with Crippen molar-refractivity contribution in [1.82, 2.24) is 5.32 Å². The van der Waals surface area contributed by atoms with Crippen LogP contribution in [0.3, 0.4) is 0 Å². The van der Waals surface area contributed by atoms with E-state index in [1.807, 2.05) is 6.92 Å². The molecule has 98 valence electrons. The summed E-state index contributed by atoms with van der Waals surface area (Å²) in [7, 11) is 0. The van der Waals surface area contributed by atoms with E-state index in [9.17, 15) is 4.79 Å². The number of aryl methyl sites for hydroxylation is 1. The van der Waals surface area contributed by atoms with Gasteiger partial charge in [-0.3, -0.25) is 4.79 Å². The molecule has 0 spiro atoms. The van der Waals surface area contributed by atoms with Crippen LogP contribution in [-0.2, 0) is 4.79 Å². The summed E-state index contributed by atoms with van der Waals surface area (Å²) in [6, 6.07) is 3.46. The van der Waals surface area contributed by atoms with Crippen molar-refractivity contribution >= 4 is 34.8 Å². The summed E-state index contributed by atoms with van der Waals surface area (Å²) < 4.78 is 0. The van der Waals surface area contributed by atoms with Gasteiger partial charge in [0.2, 0.25) is 5.91 Å². The molecular weight excluding hydrogens is 271 g/mol. The summed E-state index contributed by atoms with van der Waals surface area (Å²) in [5, 5.41) is 7.20. The first kappa shape index (κ1) is 13.7. The molecular formula is C13H16Cl2N2O. The Balaban J connectivity index is 2.08. The van der Waals surface area contributed by atoms with Crippen LogP contribution < -0.4 is 10.6 Å². The van der Waals surface area contributed by atoms with Gasteiger partial charge in [0.25, 0.3) is 0 Å². The second-order valence-electron chi connectivity index (χ2n) is 4.61. The van der Waals surface area contributed by atoms with Crippen molar-refractivity contribution in [3.63, 3.8) is 0 Å². The maximum absolute atomic E-state index is 12.1. The fourth-order valence-corrected chi connectivity index (χ4v) is 2.48. The molecule has 1 aromatic rings. The SMILES string of the molecule is Cc1cc(Cl)c(NC(=O)[C@@H]2CCCNC2)cc1Cl. The van der Waals surface area contributed by atoms with E-state index < -0.39 is 0 Å². The lowest BCUT2D eigenvalue weighted by atomic mass is 9.99. The minimum absolute atomic E-state index is 0.00372. The van der Waals surface area contributed by atoms with Crippen LogP contribution >= 0.6 is 23.2 Å². The molecule has 0 saturated carbocycles. The number of amides is 1. The third kappa shape index (κ3) is 3.16. The van der Waals surface area contributed by atoms with Gasteiger partial charge in [-0.1, -0.05) is 23.2 Å². The number of carbonyl (C=O) groups is 1. The van der Waals surface area contributed by atoms with Crippen LogP contribution in [-0.4, -0.2) is 19.0 Å². The predicted molar refractivity (Wildman–Crippen MR) is 75.4 cm³/mol. The number of halogens is 2. The zero-order chi connectivity index (χ0) is 13.1. The Hall–Kier alpha value is -0.770. The molecule has 1 saturated heterocycles. The summed E-state index contributed by atoms with van der Waals surface area (Å²) in [6.45, 7) is 3.59. The average molecular weight is 287 g/mol.